The average Bonchev–Trinajstić information content (AvgIpc) is 3.56. The molecule has 4 heteroatoms. The molecular formula is C31H19N3O. The van der Waals surface area contributed by atoms with E-state index in [9.17, 15) is 0 Å². The zero-order valence-corrected chi connectivity index (χ0v) is 18.7. The molecule has 5 aromatic carbocycles. The molecule has 3 aromatic heterocycles. The third-order valence-corrected chi connectivity index (χ3v) is 6.97. The van der Waals surface area contributed by atoms with E-state index < -0.39 is 0 Å². The fraction of sp³-hybridized carbons (Fsp3) is 0. The van der Waals surface area contributed by atoms with Crippen molar-refractivity contribution in [1.82, 2.24) is 14.0 Å². The third-order valence-electron chi connectivity index (χ3n) is 6.97. The third kappa shape index (κ3) is 2.48. The number of hydrogen-bond acceptors (Lipinski definition) is 2. The molecule has 0 amide bonds. The van der Waals surface area contributed by atoms with Crippen LogP contribution in [0.4, 0.5) is 0 Å². The summed E-state index contributed by atoms with van der Waals surface area (Å²) in [6.07, 6.45) is 0. The summed E-state index contributed by atoms with van der Waals surface area (Å²) in [6.45, 7) is 0. The minimum absolute atomic E-state index is 0.589. The smallest absolute Gasteiger partial charge is 0.309 e. The minimum atomic E-state index is 0.589. The van der Waals surface area contributed by atoms with Crippen LogP contribution in [-0.2, 0) is 0 Å². The lowest BCUT2D eigenvalue weighted by Gasteiger charge is -2.12. The number of benzene rings is 5. The number of imidazole rings is 1. The zero-order chi connectivity index (χ0) is 22.9. The van der Waals surface area contributed by atoms with Crippen LogP contribution >= 0.6 is 0 Å². The van der Waals surface area contributed by atoms with Gasteiger partial charge in [0.1, 0.15) is 5.69 Å². The fourth-order valence-corrected chi connectivity index (χ4v) is 5.47. The van der Waals surface area contributed by atoms with E-state index >= 15 is 0 Å². The van der Waals surface area contributed by atoms with Gasteiger partial charge in [0.2, 0.25) is 0 Å². The topological polar surface area (TPSA) is 35.4 Å². The Kier molecular flexibility index (Phi) is 3.63. The molecule has 3 heterocycles. The monoisotopic (exact) mass is 449 g/mol. The van der Waals surface area contributed by atoms with Crippen molar-refractivity contribution < 1.29 is 4.42 Å². The fourth-order valence-electron chi connectivity index (χ4n) is 5.47. The normalized spacial score (nSPS) is 12.0. The number of nitrogens with zero attached hydrogens (tertiary/aromatic N) is 3. The van der Waals surface area contributed by atoms with E-state index in [0.29, 0.717) is 5.84 Å². The van der Waals surface area contributed by atoms with Crippen LogP contribution in [0.15, 0.2) is 120 Å². The molecular weight excluding hydrogens is 430 g/mol. The summed E-state index contributed by atoms with van der Waals surface area (Å²) >= 11 is 0. The minimum Gasteiger partial charge on any atom is -0.423 e. The van der Waals surface area contributed by atoms with E-state index in [1.54, 1.807) is 0 Å². The van der Waals surface area contributed by atoms with Gasteiger partial charge in [-0.1, -0.05) is 91.0 Å². The maximum absolute atomic E-state index is 6.27. The van der Waals surface area contributed by atoms with E-state index in [1.807, 2.05) is 18.2 Å². The van der Waals surface area contributed by atoms with Gasteiger partial charge in [-0.05, 0) is 35.0 Å². The van der Waals surface area contributed by atoms with Crippen molar-refractivity contribution in [2.75, 3.05) is 0 Å². The molecule has 8 aromatic rings. The van der Waals surface area contributed by atoms with Crippen molar-refractivity contribution in [3.63, 3.8) is 0 Å². The lowest BCUT2D eigenvalue weighted by atomic mass is 10.0. The molecule has 4 nitrogen and oxygen atoms in total. The van der Waals surface area contributed by atoms with Gasteiger partial charge in [-0.2, -0.15) is 4.98 Å². The van der Waals surface area contributed by atoms with Gasteiger partial charge in [-0.3, -0.25) is 4.57 Å². The Bertz CT molecular complexity index is 2010. The highest BCUT2D eigenvalue weighted by molar-refractivity contribution is 6.10. The van der Waals surface area contributed by atoms with Crippen LogP contribution in [0.2, 0.25) is 0 Å². The zero-order valence-electron chi connectivity index (χ0n) is 18.7. The lowest BCUT2D eigenvalue weighted by molar-refractivity contribution is 0.641. The molecule has 0 saturated heterocycles. The molecule has 0 N–H and O–H groups in total. The predicted molar refractivity (Wildman–Crippen MR) is 142 cm³/mol. The highest BCUT2D eigenvalue weighted by atomic mass is 16.4. The maximum Gasteiger partial charge on any atom is 0.309 e. The Labute approximate surface area is 200 Å². The molecule has 0 unspecified atom stereocenters. The van der Waals surface area contributed by atoms with Crippen molar-refractivity contribution in [1.29, 1.82) is 0 Å². The number of hydrogen-bond donors (Lipinski definition) is 0. The van der Waals surface area contributed by atoms with Gasteiger partial charge in [0.05, 0.1) is 16.6 Å². The van der Waals surface area contributed by atoms with Gasteiger partial charge in [-0.15, -0.1) is 0 Å². The van der Waals surface area contributed by atoms with E-state index in [2.05, 4.69) is 106 Å². The Hall–Kier alpha value is -4.83. The van der Waals surface area contributed by atoms with Gasteiger partial charge < -0.3 is 4.42 Å². The Morgan fingerprint density at radius 3 is 1.91 bits per heavy atom. The van der Waals surface area contributed by atoms with Gasteiger partial charge in [0, 0.05) is 16.3 Å². The first kappa shape index (κ1) is 18.6. The Morgan fingerprint density at radius 2 is 1.14 bits per heavy atom. The number of rotatable bonds is 2. The first-order valence-corrected chi connectivity index (χ1v) is 11.8. The highest BCUT2D eigenvalue weighted by Gasteiger charge is 2.25. The van der Waals surface area contributed by atoms with Gasteiger partial charge in [0.15, 0.2) is 11.4 Å². The van der Waals surface area contributed by atoms with Gasteiger partial charge in [-0.25, -0.2) is 4.40 Å². The van der Waals surface area contributed by atoms with Crippen molar-refractivity contribution in [3.8, 4) is 17.1 Å². The van der Waals surface area contributed by atoms with Crippen LogP contribution in [0.25, 0.3) is 66.6 Å². The van der Waals surface area contributed by atoms with Crippen LogP contribution in [0, 0.1) is 0 Å². The number of para-hydroxylation sites is 4. The molecule has 35 heavy (non-hydrogen) atoms. The van der Waals surface area contributed by atoms with Crippen molar-refractivity contribution >= 4 is 49.5 Å². The second-order valence-electron chi connectivity index (χ2n) is 8.87. The molecule has 0 radical (unpaired) electrons. The van der Waals surface area contributed by atoms with E-state index in [1.165, 1.54) is 21.5 Å². The molecule has 0 fully saturated rings. The molecule has 0 atom stereocenters. The summed E-state index contributed by atoms with van der Waals surface area (Å²) in [4.78, 5) is 5.12. The molecule has 8 rings (SSSR count). The Balaban J connectivity index is 1.62. The SMILES string of the molecule is c1ccc2c(-c3nc4oc5ccccc5n4c3-n3c4ccccc4c4ccccc43)cccc2c1. The lowest BCUT2D eigenvalue weighted by Crippen LogP contribution is -2.01. The number of aromatic nitrogens is 3. The van der Waals surface area contributed by atoms with Gasteiger partial charge >= 0.3 is 5.84 Å². The summed E-state index contributed by atoms with van der Waals surface area (Å²) in [6, 6.07) is 40.2. The maximum atomic E-state index is 6.27. The predicted octanol–water partition coefficient (Wildman–Crippen LogP) is 8.00. The Morgan fingerprint density at radius 1 is 0.543 bits per heavy atom. The summed E-state index contributed by atoms with van der Waals surface area (Å²) < 4.78 is 10.8. The van der Waals surface area contributed by atoms with Crippen LogP contribution in [0.1, 0.15) is 0 Å². The summed E-state index contributed by atoms with van der Waals surface area (Å²) in [5, 5.41) is 4.79. The molecule has 0 aliphatic heterocycles. The van der Waals surface area contributed by atoms with Crippen LogP contribution in [-0.4, -0.2) is 14.0 Å². The first-order chi connectivity index (χ1) is 17.4. The quantitative estimate of drug-likeness (QED) is 0.268. The van der Waals surface area contributed by atoms with Crippen molar-refractivity contribution in [2.24, 2.45) is 0 Å². The van der Waals surface area contributed by atoms with E-state index in [-0.39, 0.29) is 0 Å². The van der Waals surface area contributed by atoms with Crippen LogP contribution < -0.4 is 0 Å². The molecule has 0 spiro atoms. The molecule has 0 aliphatic rings. The van der Waals surface area contributed by atoms with E-state index in [4.69, 9.17) is 9.40 Å². The molecule has 0 saturated carbocycles. The second-order valence-corrected chi connectivity index (χ2v) is 8.87. The van der Waals surface area contributed by atoms with Gasteiger partial charge in [0.25, 0.3) is 0 Å². The summed E-state index contributed by atoms with van der Waals surface area (Å²) in [7, 11) is 0. The summed E-state index contributed by atoms with van der Waals surface area (Å²) in [5.74, 6) is 1.57. The van der Waals surface area contributed by atoms with Crippen LogP contribution in [0.3, 0.4) is 0 Å². The second kappa shape index (κ2) is 6.84. The number of fused-ring (bicyclic) bond motifs is 7. The molecule has 0 bridgehead atoms. The molecule has 164 valence electrons. The molecule has 0 aliphatic carbocycles. The first-order valence-electron chi connectivity index (χ1n) is 11.8. The van der Waals surface area contributed by atoms with Crippen molar-refractivity contribution in [2.45, 2.75) is 0 Å². The van der Waals surface area contributed by atoms with Crippen LogP contribution in [0.5, 0.6) is 0 Å². The standard InChI is InChI=1S/C31H19N3O/c1-2-12-21-20(10-1)11-9-15-24(21)29-30(34-27-18-7-8-19-28(27)35-31(34)32-29)33-25-16-5-3-13-22(25)23-14-4-6-17-26(23)33/h1-19H. The number of oxazole rings is 1. The largest absolute Gasteiger partial charge is 0.423 e. The summed E-state index contributed by atoms with van der Waals surface area (Å²) in [5.41, 5.74) is 6.09. The average molecular weight is 450 g/mol. The van der Waals surface area contributed by atoms with Crippen molar-refractivity contribution in [3.05, 3.63) is 115 Å². The van der Waals surface area contributed by atoms with E-state index in [0.717, 1.165) is 39.2 Å². The highest BCUT2D eigenvalue weighted by Crippen LogP contribution is 2.40.